The minimum Gasteiger partial charge on any atom is -0.493 e. The number of amides is 1. The molecule has 1 aliphatic carbocycles. The number of carbonyl (C=O) groups is 2. The van der Waals surface area contributed by atoms with Crippen molar-refractivity contribution in [3.8, 4) is 17.2 Å². The molecule has 1 aliphatic heterocycles. The molecule has 1 aromatic carbocycles. The van der Waals surface area contributed by atoms with Crippen LogP contribution in [-0.2, 0) is 19.1 Å². The van der Waals surface area contributed by atoms with Crippen molar-refractivity contribution in [3.63, 3.8) is 0 Å². The molecule has 3 rings (SSSR count). The van der Waals surface area contributed by atoms with E-state index in [1.807, 2.05) is 19.1 Å². The first-order valence-electron chi connectivity index (χ1n) is 15.2. The number of hydrogen-bond donors (Lipinski definition) is 1. The molecule has 0 spiro atoms. The van der Waals surface area contributed by atoms with Crippen molar-refractivity contribution in [2.45, 2.75) is 88.9 Å². The van der Waals surface area contributed by atoms with Crippen molar-refractivity contribution in [2.24, 2.45) is 5.92 Å². The first kappa shape index (κ1) is 33.5. The molecule has 1 saturated heterocycles. The summed E-state index contributed by atoms with van der Waals surface area (Å²) in [6.07, 6.45) is 10.0. The van der Waals surface area contributed by atoms with Gasteiger partial charge in [0.2, 0.25) is 11.7 Å². The number of esters is 1. The Morgan fingerprint density at radius 3 is 2.38 bits per heavy atom. The molecule has 0 bridgehead atoms. The highest BCUT2D eigenvalue weighted by atomic mass is 16.6. The number of methoxy groups -OCH3 is 2. The molecule has 2 aliphatic rings. The maximum atomic E-state index is 14.6. The number of rotatable bonds is 16. The van der Waals surface area contributed by atoms with Gasteiger partial charge in [0.15, 0.2) is 11.5 Å². The second kappa shape index (κ2) is 17.2. The summed E-state index contributed by atoms with van der Waals surface area (Å²) in [5, 5.41) is 9.67. The molecule has 0 unspecified atom stereocenters. The van der Waals surface area contributed by atoms with Crippen molar-refractivity contribution >= 4 is 11.9 Å². The zero-order valence-electron chi connectivity index (χ0n) is 25.6. The van der Waals surface area contributed by atoms with Gasteiger partial charge in [-0.25, -0.2) is 4.79 Å². The van der Waals surface area contributed by atoms with Crippen LogP contribution in [0.2, 0.25) is 0 Å². The highest BCUT2D eigenvalue weighted by molar-refractivity contribution is 5.89. The van der Waals surface area contributed by atoms with Crippen LogP contribution in [0.3, 0.4) is 0 Å². The molecule has 2 fully saturated rings. The van der Waals surface area contributed by atoms with Crippen LogP contribution in [0.5, 0.6) is 17.2 Å². The molecule has 0 radical (unpaired) electrons. The summed E-state index contributed by atoms with van der Waals surface area (Å²) in [5.74, 6) is 0.449. The quantitative estimate of drug-likeness (QED) is 0.208. The van der Waals surface area contributed by atoms with Crippen LogP contribution in [-0.4, -0.2) is 80.7 Å². The molecular weight excluding hydrogens is 538 g/mol. The number of carbonyl (C=O) groups excluding carboxylic acids is 2. The Kier molecular flexibility index (Phi) is 13.7. The minimum atomic E-state index is -0.699. The topological polar surface area (TPSA) is 104 Å². The summed E-state index contributed by atoms with van der Waals surface area (Å²) in [5.41, 5.74) is 0.775. The number of ether oxygens (including phenoxy) is 5. The summed E-state index contributed by atoms with van der Waals surface area (Å²) in [4.78, 5) is 29.6. The van der Waals surface area contributed by atoms with E-state index < -0.39 is 24.0 Å². The third kappa shape index (κ3) is 8.74. The Balaban J connectivity index is 1.98. The van der Waals surface area contributed by atoms with Crippen molar-refractivity contribution < 1.29 is 38.4 Å². The van der Waals surface area contributed by atoms with E-state index in [0.717, 1.165) is 50.5 Å². The Bertz CT molecular complexity index is 1040. The number of aliphatic hydroxyl groups is 1. The number of piperidine rings is 1. The average Bonchev–Trinajstić information content (AvgIpc) is 3.02. The molecule has 0 aromatic heterocycles. The monoisotopic (exact) mass is 587 g/mol. The van der Waals surface area contributed by atoms with Gasteiger partial charge in [-0.15, -0.1) is 13.2 Å². The van der Waals surface area contributed by atoms with Crippen LogP contribution in [0.1, 0.15) is 76.2 Å². The SMILES string of the molecule is C=CCO[C@@H](C)COc1cc([C@@H](C(=O)N2CCCC[C@H]2C(=O)O[C@H](CO)CC=C)C2CCCCC2)cc(OC)c1OC. The van der Waals surface area contributed by atoms with Crippen LogP contribution >= 0.6 is 0 Å². The standard InChI is InChI=1S/C33H49NO8/c1-6-13-26(21-35)42-33(37)27-16-11-12-17-34(27)32(36)30(24-14-9-8-10-15-24)25-19-28(38-4)31(39-5)29(20-25)41-22-23(3)40-18-7-2/h6-7,19-20,23-24,26-27,30,35H,1-2,8-18,21-22H2,3-5H3/t23-,26-,27-,30-/m0/s1. The van der Waals surface area contributed by atoms with Gasteiger partial charge in [0.25, 0.3) is 0 Å². The smallest absolute Gasteiger partial charge is 0.329 e. The lowest BCUT2D eigenvalue weighted by Crippen LogP contribution is -2.51. The number of hydrogen-bond acceptors (Lipinski definition) is 8. The van der Waals surface area contributed by atoms with Crippen LogP contribution in [0.15, 0.2) is 37.4 Å². The Morgan fingerprint density at radius 2 is 1.74 bits per heavy atom. The van der Waals surface area contributed by atoms with Gasteiger partial charge in [0.1, 0.15) is 18.8 Å². The van der Waals surface area contributed by atoms with Crippen molar-refractivity contribution in [1.82, 2.24) is 4.90 Å². The van der Waals surface area contributed by atoms with Crippen LogP contribution in [0.4, 0.5) is 0 Å². The molecule has 1 heterocycles. The summed E-state index contributed by atoms with van der Waals surface area (Å²) in [7, 11) is 3.12. The Hall–Kier alpha value is -3.04. The van der Waals surface area contributed by atoms with Crippen LogP contribution in [0, 0.1) is 5.92 Å². The fourth-order valence-corrected chi connectivity index (χ4v) is 6.02. The Morgan fingerprint density at radius 1 is 1.02 bits per heavy atom. The summed E-state index contributed by atoms with van der Waals surface area (Å²) >= 11 is 0. The fourth-order valence-electron chi connectivity index (χ4n) is 6.02. The molecule has 42 heavy (non-hydrogen) atoms. The molecular formula is C33H49NO8. The second-order valence-electron chi connectivity index (χ2n) is 11.2. The van der Waals surface area contributed by atoms with E-state index in [1.54, 1.807) is 31.3 Å². The number of nitrogens with zero attached hydrogens (tertiary/aromatic N) is 1. The largest absolute Gasteiger partial charge is 0.493 e. The average molecular weight is 588 g/mol. The first-order chi connectivity index (χ1) is 20.4. The second-order valence-corrected chi connectivity index (χ2v) is 11.2. The van der Waals surface area contributed by atoms with E-state index >= 15 is 0 Å². The van der Waals surface area contributed by atoms with E-state index in [2.05, 4.69) is 13.2 Å². The minimum absolute atomic E-state index is 0.0892. The maximum Gasteiger partial charge on any atom is 0.329 e. The molecule has 234 valence electrons. The van der Waals surface area contributed by atoms with Gasteiger partial charge in [-0.1, -0.05) is 31.4 Å². The Labute approximate surface area is 250 Å². The van der Waals surface area contributed by atoms with Gasteiger partial charge in [0.05, 0.1) is 39.5 Å². The normalized spacial score (nSPS) is 19.7. The molecule has 1 amide bonds. The lowest BCUT2D eigenvalue weighted by molar-refractivity contribution is -0.163. The fraction of sp³-hybridized carbons (Fsp3) is 0.636. The van der Waals surface area contributed by atoms with Crippen molar-refractivity contribution in [3.05, 3.63) is 43.0 Å². The molecule has 1 saturated carbocycles. The maximum absolute atomic E-state index is 14.6. The van der Waals surface area contributed by atoms with Gasteiger partial charge in [-0.2, -0.15) is 0 Å². The van der Waals surface area contributed by atoms with Gasteiger partial charge in [0, 0.05) is 13.0 Å². The summed E-state index contributed by atoms with van der Waals surface area (Å²) < 4.78 is 28.9. The zero-order valence-corrected chi connectivity index (χ0v) is 25.6. The van der Waals surface area contributed by atoms with Gasteiger partial charge in [-0.05, 0) is 62.6 Å². The van der Waals surface area contributed by atoms with Gasteiger partial charge >= 0.3 is 5.97 Å². The lowest BCUT2D eigenvalue weighted by atomic mass is 9.75. The number of likely N-dealkylation sites (tertiary alicyclic amines) is 1. The van der Waals surface area contributed by atoms with Gasteiger partial charge < -0.3 is 33.7 Å². The number of benzene rings is 1. The molecule has 9 nitrogen and oxygen atoms in total. The predicted octanol–water partition coefficient (Wildman–Crippen LogP) is 5.20. The first-order valence-corrected chi connectivity index (χ1v) is 15.2. The predicted molar refractivity (Wildman–Crippen MR) is 161 cm³/mol. The van der Waals surface area contributed by atoms with Crippen molar-refractivity contribution in [2.75, 3.05) is 40.6 Å². The van der Waals surface area contributed by atoms with Crippen LogP contribution < -0.4 is 14.2 Å². The molecule has 9 heteroatoms. The van der Waals surface area contributed by atoms with E-state index in [4.69, 9.17) is 23.7 Å². The summed E-state index contributed by atoms with van der Waals surface area (Å²) in [6.45, 7) is 10.2. The number of aliphatic hydroxyl groups excluding tert-OH is 1. The van der Waals surface area contributed by atoms with E-state index in [0.29, 0.717) is 43.2 Å². The van der Waals surface area contributed by atoms with Gasteiger partial charge in [-0.3, -0.25) is 4.79 Å². The molecule has 4 atom stereocenters. The lowest BCUT2D eigenvalue weighted by Gasteiger charge is -2.39. The third-order valence-electron chi connectivity index (χ3n) is 8.16. The molecule has 1 N–H and O–H groups in total. The van der Waals surface area contributed by atoms with E-state index in [1.165, 1.54) is 0 Å². The van der Waals surface area contributed by atoms with E-state index in [-0.39, 0.29) is 31.1 Å². The van der Waals surface area contributed by atoms with Crippen LogP contribution in [0.25, 0.3) is 0 Å². The summed E-state index contributed by atoms with van der Waals surface area (Å²) in [6, 6.07) is 3.04. The highest BCUT2D eigenvalue weighted by Gasteiger charge is 2.41. The zero-order chi connectivity index (χ0) is 30.5. The third-order valence-corrected chi connectivity index (χ3v) is 8.16. The van der Waals surface area contributed by atoms with E-state index in [9.17, 15) is 14.7 Å². The van der Waals surface area contributed by atoms with Crippen molar-refractivity contribution in [1.29, 1.82) is 0 Å². The molecule has 1 aromatic rings. The highest BCUT2D eigenvalue weighted by Crippen LogP contribution is 2.45.